The van der Waals surface area contributed by atoms with Gasteiger partial charge in [0.1, 0.15) is 5.75 Å². The summed E-state index contributed by atoms with van der Waals surface area (Å²) in [5.74, 6) is 1.34. The second-order valence-corrected chi connectivity index (χ2v) is 8.15. The minimum Gasteiger partial charge on any atom is -0.494 e. The van der Waals surface area contributed by atoms with Gasteiger partial charge < -0.3 is 9.47 Å². The Bertz CT molecular complexity index is 586. The molecule has 28 heavy (non-hydrogen) atoms. The fourth-order valence-corrected chi connectivity index (χ4v) is 4.67. The van der Waals surface area contributed by atoms with Gasteiger partial charge in [-0.25, -0.2) is 4.79 Å². The lowest BCUT2D eigenvalue weighted by atomic mass is 9.65. The molecule has 1 saturated carbocycles. The standard InChI is InChI=1S/C25H38O3/c1-4-25(5-2,22-13-9-8-10-14-22)19-11-6-7-12-20-28-23-17-15-21(16-18-23)24(26)27-3/h4,15-18,22H,1,5-14,19-20H2,2-3H3. The predicted octanol–water partition coefficient (Wildman–Crippen LogP) is 6.97. The van der Waals surface area contributed by atoms with Crippen molar-refractivity contribution in [3.8, 4) is 5.75 Å². The van der Waals surface area contributed by atoms with Gasteiger partial charge in [-0.05, 0) is 67.7 Å². The number of hydrogen-bond donors (Lipinski definition) is 0. The molecule has 2 rings (SSSR count). The number of carbonyl (C=O) groups is 1. The van der Waals surface area contributed by atoms with Crippen LogP contribution in [-0.2, 0) is 4.74 Å². The maximum Gasteiger partial charge on any atom is 0.337 e. The minimum atomic E-state index is -0.317. The van der Waals surface area contributed by atoms with Crippen LogP contribution in [0.25, 0.3) is 0 Å². The molecule has 0 radical (unpaired) electrons. The van der Waals surface area contributed by atoms with Gasteiger partial charge in [-0.3, -0.25) is 0 Å². The number of benzene rings is 1. The predicted molar refractivity (Wildman–Crippen MR) is 116 cm³/mol. The topological polar surface area (TPSA) is 35.5 Å². The van der Waals surface area contributed by atoms with Crippen molar-refractivity contribution in [3.63, 3.8) is 0 Å². The molecule has 156 valence electrons. The molecule has 3 nitrogen and oxygen atoms in total. The van der Waals surface area contributed by atoms with Gasteiger partial charge in [0, 0.05) is 0 Å². The van der Waals surface area contributed by atoms with Gasteiger partial charge in [-0.1, -0.05) is 51.5 Å². The lowest BCUT2D eigenvalue weighted by Gasteiger charge is -2.40. The summed E-state index contributed by atoms with van der Waals surface area (Å²) >= 11 is 0. The van der Waals surface area contributed by atoms with Crippen LogP contribution in [0.4, 0.5) is 0 Å². The fraction of sp³-hybridized carbons (Fsp3) is 0.640. The van der Waals surface area contributed by atoms with E-state index >= 15 is 0 Å². The van der Waals surface area contributed by atoms with Gasteiger partial charge in [0.25, 0.3) is 0 Å². The van der Waals surface area contributed by atoms with E-state index in [4.69, 9.17) is 9.47 Å². The molecule has 1 aliphatic rings. The Morgan fingerprint density at radius 2 is 1.79 bits per heavy atom. The molecule has 3 heteroatoms. The number of unbranched alkanes of at least 4 members (excludes halogenated alkanes) is 3. The van der Waals surface area contributed by atoms with Crippen LogP contribution in [0, 0.1) is 11.3 Å². The van der Waals surface area contributed by atoms with Crippen LogP contribution in [-0.4, -0.2) is 19.7 Å². The molecule has 1 aromatic rings. The van der Waals surface area contributed by atoms with Crippen molar-refractivity contribution < 1.29 is 14.3 Å². The summed E-state index contributed by atoms with van der Waals surface area (Å²) in [6.45, 7) is 7.28. The zero-order chi connectivity index (χ0) is 20.2. The summed E-state index contributed by atoms with van der Waals surface area (Å²) in [6, 6.07) is 7.14. The molecule has 1 aromatic carbocycles. The summed E-state index contributed by atoms with van der Waals surface area (Å²) in [4.78, 5) is 11.4. The first-order valence-electron chi connectivity index (χ1n) is 11.1. The third-order valence-electron chi connectivity index (χ3n) is 6.56. The van der Waals surface area contributed by atoms with Crippen LogP contribution in [0.5, 0.6) is 5.75 Å². The van der Waals surface area contributed by atoms with Crippen LogP contribution >= 0.6 is 0 Å². The van der Waals surface area contributed by atoms with Crippen molar-refractivity contribution in [1.29, 1.82) is 0 Å². The number of carbonyl (C=O) groups excluding carboxylic acids is 1. The van der Waals surface area contributed by atoms with E-state index in [0.717, 1.165) is 24.7 Å². The zero-order valence-corrected chi connectivity index (χ0v) is 17.9. The van der Waals surface area contributed by atoms with E-state index in [-0.39, 0.29) is 5.97 Å². The Labute approximate surface area is 171 Å². The first-order chi connectivity index (χ1) is 13.6. The molecule has 0 aliphatic heterocycles. The Morgan fingerprint density at radius 1 is 1.11 bits per heavy atom. The van der Waals surface area contributed by atoms with Gasteiger partial charge >= 0.3 is 5.97 Å². The molecule has 1 atom stereocenters. The normalized spacial score (nSPS) is 16.9. The number of allylic oxidation sites excluding steroid dienone is 1. The van der Waals surface area contributed by atoms with E-state index in [0.29, 0.717) is 11.0 Å². The molecule has 0 aromatic heterocycles. The van der Waals surface area contributed by atoms with E-state index in [1.165, 1.54) is 71.3 Å². The second-order valence-electron chi connectivity index (χ2n) is 8.15. The third kappa shape index (κ3) is 6.39. The van der Waals surface area contributed by atoms with Crippen LogP contribution in [0.3, 0.4) is 0 Å². The SMILES string of the molecule is C=CC(CC)(CCCCCCOc1ccc(C(=O)OC)cc1)C1CCCCC1. The monoisotopic (exact) mass is 386 g/mol. The number of methoxy groups -OCH3 is 1. The molecule has 0 N–H and O–H groups in total. The highest BCUT2D eigenvalue weighted by Crippen LogP contribution is 2.45. The number of ether oxygens (including phenoxy) is 2. The Kier molecular flexibility index (Phi) is 9.60. The number of esters is 1. The summed E-state index contributed by atoms with van der Waals surface area (Å²) < 4.78 is 10.5. The largest absolute Gasteiger partial charge is 0.494 e. The zero-order valence-electron chi connectivity index (χ0n) is 17.9. The number of rotatable bonds is 12. The van der Waals surface area contributed by atoms with Crippen molar-refractivity contribution in [2.75, 3.05) is 13.7 Å². The van der Waals surface area contributed by atoms with Gasteiger partial charge in [-0.2, -0.15) is 0 Å². The average Bonchev–Trinajstić information content (AvgIpc) is 2.76. The molecular weight excluding hydrogens is 348 g/mol. The minimum absolute atomic E-state index is 0.317. The van der Waals surface area contributed by atoms with E-state index in [1.54, 1.807) is 12.1 Å². The highest BCUT2D eigenvalue weighted by molar-refractivity contribution is 5.89. The lowest BCUT2D eigenvalue weighted by molar-refractivity contribution is 0.0600. The third-order valence-corrected chi connectivity index (χ3v) is 6.56. The van der Waals surface area contributed by atoms with Crippen molar-refractivity contribution in [1.82, 2.24) is 0 Å². The molecule has 0 spiro atoms. The lowest BCUT2D eigenvalue weighted by Crippen LogP contribution is -2.29. The molecule has 1 aliphatic carbocycles. The first-order valence-corrected chi connectivity index (χ1v) is 11.1. The summed E-state index contributed by atoms with van der Waals surface area (Å²) in [5, 5.41) is 0. The fourth-order valence-electron chi connectivity index (χ4n) is 4.67. The molecule has 0 saturated heterocycles. The smallest absolute Gasteiger partial charge is 0.337 e. The van der Waals surface area contributed by atoms with Gasteiger partial charge in [0.2, 0.25) is 0 Å². The summed E-state index contributed by atoms with van der Waals surface area (Å²) in [7, 11) is 1.39. The van der Waals surface area contributed by atoms with Gasteiger partial charge in [0.05, 0.1) is 19.3 Å². The Balaban J connectivity index is 1.64. The van der Waals surface area contributed by atoms with Crippen molar-refractivity contribution in [2.24, 2.45) is 11.3 Å². The molecule has 0 amide bonds. The van der Waals surface area contributed by atoms with Crippen molar-refractivity contribution in [2.45, 2.75) is 77.6 Å². The van der Waals surface area contributed by atoms with E-state index in [2.05, 4.69) is 19.6 Å². The molecule has 1 fully saturated rings. The van der Waals surface area contributed by atoms with E-state index in [9.17, 15) is 4.79 Å². The maximum absolute atomic E-state index is 11.4. The Morgan fingerprint density at radius 3 is 2.39 bits per heavy atom. The van der Waals surface area contributed by atoms with Gasteiger partial charge in [-0.15, -0.1) is 6.58 Å². The van der Waals surface area contributed by atoms with Crippen LogP contribution in [0.1, 0.15) is 87.9 Å². The highest BCUT2D eigenvalue weighted by atomic mass is 16.5. The molecular formula is C25H38O3. The van der Waals surface area contributed by atoms with Gasteiger partial charge in [0.15, 0.2) is 0 Å². The number of hydrogen-bond acceptors (Lipinski definition) is 3. The van der Waals surface area contributed by atoms with Crippen LogP contribution < -0.4 is 4.74 Å². The van der Waals surface area contributed by atoms with Crippen LogP contribution in [0.2, 0.25) is 0 Å². The molecule has 0 heterocycles. The Hall–Kier alpha value is -1.77. The van der Waals surface area contributed by atoms with Crippen molar-refractivity contribution in [3.05, 3.63) is 42.5 Å². The summed E-state index contributed by atoms with van der Waals surface area (Å²) in [5.41, 5.74) is 0.910. The second kappa shape index (κ2) is 11.9. The van der Waals surface area contributed by atoms with Crippen LogP contribution in [0.15, 0.2) is 36.9 Å². The molecule has 1 unspecified atom stereocenters. The van der Waals surface area contributed by atoms with E-state index < -0.39 is 0 Å². The average molecular weight is 387 g/mol. The quantitative estimate of drug-likeness (QED) is 0.221. The maximum atomic E-state index is 11.4. The van der Waals surface area contributed by atoms with E-state index in [1.807, 2.05) is 12.1 Å². The van der Waals surface area contributed by atoms with Crippen molar-refractivity contribution >= 4 is 5.97 Å². The molecule has 0 bridgehead atoms. The summed E-state index contributed by atoms with van der Waals surface area (Å²) in [6.07, 6.45) is 16.6. The highest BCUT2D eigenvalue weighted by Gasteiger charge is 2.34. The first kappa shape index (κ1) is 22.5.